The maximum absolute atomic E-state index is 13.3. The van der Waals surface area contributed by atoms with Crippen LogP contribution in [-0.2, 0) is 11.3 Å². The Kier molecular flexibility index (Phi) is 9.08. The number of nitrogens with zero attached hydrogens (tertiary/aromatic N) is 1. The van der Waals surface area contributed by atoms with E-state index < -0.39 is 11.9 Å². The van der Waals surface area contributed by atoms with Gasteiger partial charge in [-0.3, -0.25) is 0 Å². The number of hydrogen-bond donors (Lipinski definition) is 0. The molecule has 30 heavy (non-hydrogen) atoms. The van der Waals surface area contributed by atoms with Gasteiger partial charge in [0.05, 0.1) is 18.4 Å². The van der Waals surface area contributed by atoms with Crippen LogP contribution < -0.4 is 0 Å². The number of thioether (sulfide) groups is 1. The second-order valence-corrected chi connectivity index (χ2v) is 10.6. The largest absolute Gasteiger partial charge is 0.372 e. The average molecular weight is 458 g/mol. The van der Waals surface area contributed by atoms with Gasteiger partial charge in [0, 0.05) is 17.6 Å². The molecule has 2 bridgehead atoms. The fourth-order valence-corrected chi connectivity index (χ4v) is 6.48. The minimum Gasteiger partial charge on any atom is -0.372 e. The minimum atomic E-state index is -2.23. The number of aromatic nitrogens is 1. The topological polar surface area (TPSA) is 22.1 Å². The third-order valence-corrected chi connectivity index (χ3v) is 8.09. The molecule has 0 saturated heterocycles. The molecule has 1 saturated carbocycles. The van der Waals surface area contributed by atoms with Gasteiger partial charge in [-0.15, -0.1) is 17.9 Å². The van der Waals surface area contributed by atoms with E-state index in [2.05, 4.69) is 30.6 Å². The fraction of sp³-hybridized carbons (Fsp3) is 0.609. The van der Waals surface area contributed by atoms with Crippen LogP contribution in [0.4, 0.5) is 13.2 Å². The van der Waals surface area contributed by atoms with Crippen LogP contribution in [0.15, 0.2) is 45.9 Å². The third kappa shape index (κ3) is 6.99. The van der Waals surface area contributed by atoms with Gasteiger partial charge >= 0.3 is 6.08 Å². The predicted octanol–water partition coefficient (Wildman–Crippen LogP) is 7.94. The maximum atomic E-state index is 13.3. The van der Waals surface area contributed by atoms with E-state index >= 15 is 0 Å². The summed E-state index contributed by atoms with van der Waals surface area (Å²) in [6, 6.07) is 0. The molecule has 0 N–H and O–H groups in total. The second kappa shape index (κ2) is 11.5. The molecule has 2 heterocycles. The molecule has 0 spiro atoms. The number of thiazole rings is 1. The summed E-state index contributed by atoms with van der Waals surface area (Å²) in [6.45, 7) is 6.54. The van der Waals surface area contributed by atoms with Crippen LogP contribution in [0.2, 0.25) is 0 Å². The molecule has 1 fully saturated rings. The van der Waals surface area contributed by atoms with E-state index in [1.807, 2.05) is 5.38 Å². The van der Waals surface area contributed by atoms with Crippen LogP contribution in [-0.4, -0.2) is 16.8 Å². The van der Waals surface area contributed by atoms with Crippen molar-refractivity contribution in [2.45, 2.75) is 68.9 Å². The van der Waals surface area contributed by atoms with Gasteiger partial charge in [-0.2, -0.15) is 8.78 Å². The first-order valence-corrected chi connectivity index (χ1v) is 12.5. The SMILES string of the molecule is C=C(C)CC1CCC2/C=C/CC(CCC(F)=C(F)F)OCc3csc(n3)SCC[C@H]21. The zero-order valence-electron chi connectivity index (χ0n) is 17.4. The average Bonchev–Trinajstić information content (AvgIpc) is 3.30. The minimum absolute atomic E-state index is 0.228. The predicted molar refractivity (Wildman–Crippen MR) is 119 cm³/mol. The number of halogens is 3. The zero-order chi connectivity index (χ0) is 21.5. The first-order chi connectivity index (χ1) is 14.4. The Hall–Kier alpha value is -1.05. The van der Waals surface area contributed by atoms with Gasteiger partial charge in [-0.25, -0.2) is 9.37 Å². The zero-order valence-corrected chi connectivity index (χ0v) is 19.1. The summed E-state index contributed by atoms with van der Waals surface area (Å²) in [5.74, 6) is 1.51. The first kappa shape index (κ1) is 23.6. The highest BCUT2D eigenvalue weighted by Crippen LogP contribution is 2.44. The molecule has 0 radical (unpaired) electrons. The number of hydrogen-bond acceptors (Lipinski definition) is 4. The third-order valence-electron chi connectivity index (χ3n) is 5.98. The normalized spacial score (nSPS) is 28.4. The summed E-state index contributed by atoms with van der Waals surface area (Å²) in [4.78, 5) is 4.63. The Balaban J connectivity index is 1.72. The molecular formula is C23H30F3NOS2. The molecule has 3 unspecified atom stereocenters. The van der Waals surface area contributed by atoms with Crippen molar-refractivity contribution in [1.29, 1.82) is 0 Å². The number of rotatable bonds is 5. The van der Waals surface area contributed by atoms with Gasteiger partial charge in [0.25, 0.3) is 0 Å². The van der Waals surface area contributed by atoms with Crippen LogP contribution in [0.1, 0.15) is 57.6 Å². The molecule has 1 aliphatic heterocycles. The van der Waals surface area contributed by atoms with Crippen molar-refractivity contribution in [1.82, 2.24) is 4.98 Å². The smallest absolute Gasteiger partial charge is 0.301 e. The van der Waals surface area contributed by atoms with Crippen LogP contribution in [0.25, 0.3) is 0 Å². The molecule has 0 aromatic carbocycles. The molecule has 2 nitrogen and oxygen atoms in total. The van der Waals surface area contributed by atoms with E-state index in [0.29, 0.717) is 30.8 Å². The molecule has 1 aliphatic carbocycles. The van der Waals surface area contributed by atoms with Gasteiger partial charge in [-0.05, 0) is 63.2 Å². The van der Waals surface area contributed by atoms with E-state index in [9.17, 15) is 13.2 Å². The summed E-state index contributed by atoms with van der Waals surface area (Å²) in [7, 11) is 0. The molecule has 1 aromatic heterocycles. The van der Waals surface area contributed by atoms with Gasteiger partial charge in [0.1, 0.15) is 4.34 Å². The second-order valence-electron chi connectivity index (χ2n) is 8.37. The van der Waals surface area contributed by atoms with Gasteiger partial charge < -0.3 is 4.74 Å². The van der Waals surface area contributed by atoms with Crippen molar-refractivity contribution in [3.8, 4) is 0 Å². The number of allylic oxidation sites excluding steroid dienone is 3. The lowest BCUT2D eigenvalue weighted by atomic mass is 9.83. The van der Waals surface area contributed by atoms with E-state index in [-0.39, 0.29) is 18.9 Å². The maximum Gasteiger partial charge on any atom is 0.301 e. The Bertz CT molecular complexity index is 772. The van der Waals surface area contributed by atoms with Crippen molar-refractivity contribution in [2.24, 2.45) is 17.8 Å². The van der Waals surface area contributed by atoms with E-state index in [1.165, 1.54) is 18.4 Å². The van der Waals surface area contributed by atoms with Crippen molar-refractivity contribution >= 4 is 23.1 Å². The molecule has 166 valence electrons. The Labute approximate surface area is 185 Å². The molecule has 0 amide bonds. The summed E-state index contributed by atoms with van der Waals surface area (Å²) in [5, 5.41) is 1.98. The molecule has 1 aromatic rings. The van der Waals surface area contributed by atoms with Crippen molar-refractivity contribution in [2.75, 3.05) is 5.75 Å². The molecule has 2 aliphatic rings. The highest BCUT2D eigenvalue weighted by Gasteiger charge is 2.34. The van der Waals surface area contributed by atoms with E-state index in [0.717, 1.165) is 28.6 Å². The quantitative estimate of drug-likeness (QED) is 0.419. The molecule has 4 atom stereocenters. The van der Waals surface area contributed by atoms with Crippen LogP contribution in [0.3, 0.4) is 0 Å². The standard InChI is InChI=1S/C23H30F3NOS2/c1-15(2)12-17-7-6-16-4-3-5-19(8-9-21(24)22(25)26)28-13-18-14-30-23(27-18)29-11-10-20(16)17/h3-4,14,16-17,19-20H,1,5-13H2,2H3/b4-3+/t16?,17?,19?,20-/m1/s1. The molecule has 7 heteroatoms. The summed E-state index contributed by atoms with van der Waals surface area (Å²) in [6.07, 6.45) is 7.00. The van der Waals surface area contributed by atoms with E-state index in [4.69, 9.17) is 4.74 Å². The highest BCUT2D eigenvalue weighted by molar-refractivity contribution is 8.01. The summed E-state index contributed by atoms with van der Waals surface area (Å²) in [5.41, 5.74) is 2.09. The van der Waals surface area contributed by atoms with E-state index in [1.54, 1.807) is 23.1 Å². The van der Waals surface area contributed by atoms with Crippen molar-refractivity contribution < 1.29 is 17.9 Å². The van der Waals surface area contributed by atoms with Gasteiger partial charge in [0.2, 0.25) is 0 Å². The summed E-state index contributed by atoms with van der Waals surface area (Å²) >= 11 is 3.41. The first-order valence-electron chi connectivity index (χ1n) is 10.6. The van der Waals surface area contributed by atoms with Crippen LogP contribution >= 0.6 is 23.1 Å². The van der Waals surface area contributed by atoms with Crippen LogP contribution in [0, 0.1) is 17.8 Å². The van der Waals surface area contributed by atoms with Crippen molar-refractivity contribution in [3.63, 3.8) is 0 Å². The highest BCUT2D eigenvalue weighted by atomic mass is 32.2. The van der Waals surface area contributed by atoms with Crippen LogP contribution in [0.5, 0.6) is 0 Å². The monoisotopic (exact) mass is 457 g/mol. The number of fused-ring (bicyclic) bond motifs is 3. The Morgan fingerprint density at radius 3 is 2.87 bits per heavy atom. The molecular weight excluding hydrogens is 427 g/mol. The number of ether oxygens (including phenoxy) is 1. The lowest BCUT2D eigenvalue weighted by Crippen LogP contribution is -2.16. The lowest BCUT2D eigenvalue weighted by molar-refractivity contribution is 0.0343. The fourth-order valence-electron chi connectivity index (χ4n) is 4.54. The molecule has 3 rings (SSSR count). The Morgan fingerprint density at radius 1 is 1.27 bits per heavy atom. The lowest BCUT2D eigenvalue weighted by Gasteiger charge is -2.24. The summed E-state index contributed by atoms with van der Waals surface area (Å²) < 4.78 is 45.2. The Morgan fingerprint density at radius 2 is 2.10 bits per heavy atom. The van der Waals surface area contributed by atoms with Gasteiger partial charge in [-0.1, -0.05) is 29.5 Å². The van der Waals surface area contributed by atoms with Gasteiger partial charge in [0.15, 0.2) is 5.83 Å². The van der Waals surface area contributed by atoms with Crippen molar-refractivity contribution in [3.05, 3.63) is 47.3 Å².